The second-order valence-electron chi connectivity index (χ2n) is 11.1. The summed E-state index contributed by atoms with van der Waals surface area (Å²) in [7, 11) is 0. The average molecular weight is 556 g/mol. The van der Waals surface area contributed by atoms with Crippen molar-refractivity contribution in [1.82, 2.24) is 9.80 Å². The molecule has 1 heterocycles. The van der Waals surface area contributed by atoms with Gasteiger partial charge in [-0.05, 0) is 48.9 Å². The van der Waals surface area contributed by atoms with Crippen LogP contribution in [0.1, 0.15) is 51.7 Å². The van der Waals surface area contributed by atoms with E-state index in [4.69, 9.17) is 27.9 Å². The number of likely N-dealkylation sites (tertiary alicyclic amines) is 1. The van der Waals surface area contributed by atoms with Crippen molar-refractivity contribution in [2.75, 3.05) is 19.7 Å². The van der Waals surface area contributed by atoms with Gasteiger partial charge in [0.15, 0.2) is 0 Å². The second-order valence-corrected chi connectivity index (χ2v) is 11.8. The SMILES string of the molecule is CC(C)(C)C(N(C(=O)O)C1CCN(Cc2ccc(Cl)cc2)CC1)[C@](C)(O)COc1cc(F)ccc1CCl. The summed E-state index contributed by atoms with van der Waals surface area (Å²) in [5.74, 6) is -0.121. The van der Waals surface area contributed by atoms with Gasteiger partial charge >= 0.3 is 6.09 Å². The summed E-state index contributed by atoms with van der Waals surface area (Å²) in [6, 6.07) is 10.8. The number of carboxylic acid groups (broad SMARTS) is 1. The van der Waals surface area contributed by atoms with E-state index in [0.29, 0.717) is 23.4 Å². The third-order valence-electron chi connectivity index (χ3n) is 6.87. The lowest BCUT2D eigenvalue weighted by atomic mass is 9.75. The highest BCUT2D eigenvalue weighted by Gasteiger charge is 2.49. The number of piperidine rings is 1. The number of nitrogens with zero attached hydrogens (tertiary/aromatic N) is 2. The minimum Gasteiger partial charge on any atom is -0.490 e. The molecule has 0 aliphatic carbocycles. The van der Waals surface area contributed by atoms with Crippen LogP contribution in [0.5, 0.6) is 5.75 Å². The lowest BCUT2D eigenvalue weighted by Crippen LogP contribution is -2.64. The van der Waals surface area contributed by atoms with Crippen molar-refractivity contribution in [3.63, 3.8) is 0 Å². The van der Waals surface area contributed by atoms with E-state index >= 15 is 0 Å². The number of rotatable bonds is 9. The summed E-state index contributed by atoms with van der Waals surface area (Å²) in [4.78, 5) is 16.3. The highest BCUT2D eigenvalue weighted by atomic mass is 35.5. The minimum absolute atomic E-state index is 0.121. The predicted molar refractivity (Wildman–Crippen MR) is 145 cm³/mol. The van der Waals surface area contributed by atoms with Gasteiger partial charge in [-0.3, -0.25) is 9.80 Å². The molecule has 1 unspecified atom stereocenters. The van der Waals surface area contributed by atoms with Crippen LogP contribution in [0.15, 0.2) is 42.5 Å². The topological polar surface area (TPSA) is 73.2 Å². The Balaban J connectivity index is 1.76. The van der Waals surface area contributed by atoms with Crippen LogP contribution in [-0.4, -0.2) is 63.5 Å². The molecular weight excluding hydrogens is 518 g/mol. The zero-order valence-corrected chi connectivity index (χ0v) is 23.4. The summed E-state index contributed by atoms with van der Waals surface area (Å²) in [5.41, 5.74) is -0.427. The van der Waals surface area contributed by atoms with Crippen molar-refractivity contribution in [3.8, 4) is 5.75 Å². The van der Waals surface area contributed by atoms with Crippen molar-refractivity contribution >= 4 is 29.3 Å². The molecule has 1 amide bonds. The Kier molecular flexibility index (Phi) is 9.73. The van der Waals surface area contributed by atoms with Crippen LogP contribution in [0.4, 0.5) is 9.18 Å². The zero-order chi connectivity index (χ0) is 27.4. The van der Waals surface area contributed by atoms with Crippen molar-refractivity contribution in [2.24, 2.45) is 5.41 Å². The molecule has 1 aliphatic rings. The van der Waals surface area contributed by atoms with E-state index < -0.39 is 29.0 Å². The number of hydrogen-bond donors (Lipinski definition) is 2. The van der Waals surface area contributed by atoms with Gasteiger partial charge in [0.2, 0.25) is 0 Å². The third kappa shape index (κ3) is 7.73. The number of hydrogen-bond acceptors (Lipinski definition) is 4. The third-order valence-corrected chi connectivity index (χ3v) is 7.41. The molecule has 0 radical (unpaired) electrons. The Morgan fingerprint density at radius 3 is 2.32 bits per heavy atom. The largest absolute Gasteiger partial charge is 0.490 e. The van der Waals surface area contributed by atoms with E-state index in [9.17, 15) is 19.4 Å². The molecule has 0 saturated carbocycles. The Bertz CT molecular complexity index is 1050. The van der Waals surface area contributed by atoms with Crippen LogP contribution >= 0.6 is 23.2 Å². The van der Waals surface area contributed by atoms with E-state index in [2.05, 4.69) is 4.90 Å². The van der Waals surface area contributed by atoms with E-state index in [1.54, 1.807) is 6.92 Å². The molecule has 0 spiro atoms. The smallest absolute Gasteiger partial charge is 0.407 e. The van der Waals surface area contributed by atoms with Gasteiger partial charge < -0.3 is 14.9 Å². The number of amides is 1. The Labute approximate surface area is 228 Å². The Morgan fingerprint density at radius 1 is 1.16 bits per heavy atom. The van der Waals surface area contributed by atoms with Crippen LogP contribution < -0.4 is 4.74 Å². The molecule has 37 heavy (non-hydrogen) atoms. The van der Waals surface area contributed by atoms with Crippen molar-refractivity contribution in [2.45, 2.75) is 70.6 Å². The van der Waals surface area contributed by atoms with Crippen LogP contribution in [0.2, 0.25) is 5.02 Å². The van der Waals surface area contributed by atoms with E-state index in [1.165, 1.54) is 23.1 Å². The quantitative estimate of drug-likeness (QED) is 0.350. The molecule has 1 saturated heterocycles. The van der Waals surface area contributed by atoms with Crippen LogP contribution in [-0.2, 0) is 12.4 Å². The lowest BCUT2D eigenvalue weighted by Gasteiger charge is -2.50. The summed E-state index contributed by atoms with van der Waals surface area (Å²) in [6.07, 6.45) is 0.205. The van der Waals surface area contributed by atoms with Gasteiger partial charge in [0, 0.05) is 42.3 Å². The number of aliphatic hydroxyl groups is 1. The van der Waals surface area contributed by atoms with Crippen LogP contribution in [0.25, 0.3) is 0 Å². The van der Waals surface area contributed by atoms with Gasteiger partial charge in [-0.25, -0.2) is 9.18 Å². The first-order valence-corrected chi connectivity index (χ1v) is 13.4. The fourth-order valence-corrected chi connectivity index (χ4v) is 5.75. The second kappa shape index (κ2) is 12.2. The summed E-state index contributed by atoms with van der Waals surface area (Å²) in [6.45, 7) is 9.31. The first-order chi connectivity index (χ1) is 17.3. The highest BCUT2D eigenvalue weighted by Crippen LogP contribution is 2.37. The molecule has 6 nitrogen and oxygen atoms in total. The van der Waals surface area contributed by atoms with Crippen molar-refractivity contribution in [3.05, 3.63) is 64.4 Å². The predicted octanol–water partition coefficient (Wildman–Crippen LogP) is 6.41. The van der Waals surface area contributed by atoms with E-state index in [-0.39, 0.29) is 24.3 Å². The highest BCUT2D eigenvalue weighted by molar-refractivity contribution is 6.30. The maximum atomic E-state index is 13.8. The van der Waals surface area contributed by atoms with Crippen LogP contribution in [0.3, 0.4) is 0 Å². The van der Waals surface area contributed by atoms with Crippen molar-refractivity contribution in [1.29, 1.82) is 0 Å². The minimum atomic E-state index is -1.56. The maximum absolute atomic E-state index is 13.8. The normalized spacial score (nSPS) is 17.7. The summed E-state index contributed by atoms with van der Waals surface area (Å²) < 4.78 is 19.7. The van der Waals surface area contributed by atoms with Crippen molar-refractivity contribution < 1.29 is 24.1 Å². The average Bonchev–Trinajstić information content (AvgIpc) is 2.82. The fraction of sp³-hybridized carbons (Fsp3) is 0.536. The van der Waals surface area contributed by atoms with Crippen LogP contribution in [0, 0.1) is 11.2 Å². The lowest BCUT2D eigenvalue weighted by molar-refractivity contribution is -0.106. The molecule has 2 N–H and O–H groups in total. The molecule has 0 bridgehead atoms. The molecule has 1 aliphatic heterocycles. The summed E-state index contributed by atoms with van der Waals surface area (Å²) >= 11 is 12.0. The van der Waals surface area contributed by atoms with Gasteiger partial charge in [-0.15, -0.1) is 11.6 Å². The monoisotopic (exact) mass is 554 g/mol. The molecule has 2 atom stereocenters. The molecule has 0 aromatic heterocycles. The van der Waals surface area contributed by atoms with E-state index in [1.807, 2.05) is 45.0 Å². The van der Waals surface area contributed by atoms with E-state index in [0.717, 1.165) is 25.2 Å². The van der Waals surface area contributed by atoms with Gasteiger partial charge in [-0.2, -0.15) is 0 Å². The molecule has 2 aromatic rings. The summed E-state index contributed by atoms with van der Waals surface area (Å²) in [5, 5.41) is 22.7. The number of ether oxygens (including phenoxy) is 1. The molecular formula is C28H37Cl2FN2O4. The molecule has 1 fully saturated rings. The van der Waals surface area contributed by atoms with Gasteiger partial charge in [0.25, 0.3) is 0 Å². The molecule has 204 valence electrons. The molecule has 9 heteroatoms. The first-order valence-electron chi connectivity index (χ1n) is 12.5. The standard InChI is InChI=1S/C28H37Cl2FN2O4/c1-27(2,3)25(28(4,36)18-37-24-15-22(31)10-7-20(24)16-29)33(26(34)35)23-11-13-32(14-12-23)17-19-5-8-21(30)9-6-19/h5-10,15,23,25,36H,11-14,16-18H2,1-4H3,(H,34,35)/t25?,28-/m1/s1. The number of benzene rings is 2. The van der Waals surface area contributed by atoms with Gasteiger partial charge in [0.05, 0.1) is 11.9 Å². The number of alkyl halides is 1. The Hall–Kier alpha value is -2.06. The first kappa shape index (κ1) is 29.5. The van der Waals surface area contributed by atoms with Gasteiger partial charge in [0.1, 0.15) is 23.8 Å². The molecule has 3 rings (SSSR count). The zero-order valence-electron chi connectivity index (χ0n) is 21.9. The maximum Gasteiger partial charge on any atom is 0.407 e. The fourth-order valence-electron chi connectivity index (χ4n) is 5.41. The van der Waals surface area contributed by atoms with Gasteiger partial charge in [-0.1, -0.05) is 50.6 Å². The number of carbonyl (C=O) groups is 1. The molecule has 2 aromatic carbocycles. The Morgan fingerprint density at radius 2 is 1.78 bits per heavy atom. The number of halogens is 3.